The van der Waals surface area contributed by atoms with Crippen molar-refractivity contribution < 1.29 is 14.3 Å². The second kappa shape index (κ2) is 6.15. The minimum absolute atomic E-state index is 0.00815. The Morgan fingerprint density at radius 3 is 2.67 bits per heavy atom. The van der Waals surface area contributed by atoms with Gasteiger partial charge in [-0.05, 0) is 19.3 Å². The third-order valence-electron chi connectivity index (χ3n) is 3.41. The van der Waals surface area contributed by atoms with Gasteiger partial charge in [0.1, 0.15) is 0 Å². The molecule has 1 heterocycles. The predicted octanol–water partition coefficient (Wildman–Crippen LogP) is -0.911. The molecule has 6 nitrogen and oxygen atoms in total. The average Bonchev–Trinajstić information content (AvgIpc) is 3.09. The largest absolute Gasteiger partial charge is 0.381 e. The van der Waals surface area contributed by atoms with Crippen molar-refractivity contribution >= 4 is 11.8 Å². The Morgan fingerprint density at radius 1 is 1.33 bits per heavy atom. The van der Waals surface area contributed by atoms with Gasteiger partial charge in [-0.1, -0.05) is 0 Å². The van der Waals surface area contributed by atoms with Crippen molar-refractivity contribution in [2.24, 2.45) is 11.7 Å². The number of rotatable bonds is 6. The molecule has 3 N–H and O–H groups in total. The fraction of sp³-hybridized carbons (Fsp3) is 0.833. The average molecular weight is 255 g/mol. The molecule has 2 aliphatic rings. The number of carbonyl (C=O) groups excluding carboxylic acids is 2. The van der Waals surface area contributed by atoms with Gasteiger partial charge in [0.05, 0.1) is 19.7 Å². The van der Waals surface area contributed by atoms with E-state index >= 15 is 0 Å². The monoisotopic (exact) mass is 255 g/mol. The molecule has 0 aromatic rings. The zero-order chi connectivity index (χ0) is 13.0. The highest BCUT2D eigenvalue weighted by molar-refractivity contribution is 5.85. The van der Waals surface area contributed by atoms with Gasteiger partial charge in [0.15, 0.2) is 0 Å². The van der Waals surface area contributed by atoms with Crippen molar-refractivity contribution in [2.75, 3.05) is 32.8 Å². The highest BCUT2D eigenvalue weighted by Gasteiger charge is 2.34. The molecule has 2 amide bonds. The normalized spacial score (nSPS) is 22.8. The Balaban J connectivity index is 1.80. The Hall–Kier alpha value is -1.14. The molecule has 0 aromatic heterocycles. The molecule has 1 saturated carbocycles. The quantitative estimate of drug-likeness (QED) is 0.643. The van der Waals surface area contributed by atoms with Crippen molar-refractivity contribution in [3.63, 3.8) is 0 Å². The smallest absolute Gasteiger partial charge is 0.242 e. The third kappa shape index (κ3) is 3.68. The molecule has 1 atom stereocenters. The first-order chi connectivity index (χ1) is 8.70. The number of hydrogen-bond acceptors (Lipinski definition) is 4. The van der Waals surface area contributed by atoms with E-state index < -0.39 is 0 Å². The predicted molar refractivity (Wildman–Crippen MR) is 65.7 cm³/mol. The van der Waals surface area contributed by atoms with Crippen LogP contribution in [0.2, 0.25) is 0 Å². The van der Waals surface area contributed by atoms with E-state index in [-0.39, 0.29) is 24.9 Å². The molecule has 0 spiro atoms. The molecule has 18 heavy (non-hydrogen) atoms. The van der Waals surface area contributed by atoms with E-state index in [9.17, 15) is 9.59 Å². The van der Waals surface area contributed by atoms with E-state index in [1.165, 1.54) is 0 Å². The van der Waals surface area contributed by atoms with Crippen LogP contribution in [0.15, 0.2) is 0 Å². The summed E-state index contributed by atoms with van der Waals surface area (Å²) in [7, 11) is 0. The van der Waals surface area contributed by atoms with Crippen LogP contribution in [-0.2, 0) is 14.3 Å². The van der Waals surface area contributed by atoms with Crippen LogP contribution < -0.4 is 11.1 Å². The van der Waals surface area contributed by atoms with E-state index in [2.05, 4.69) is 5.32 Å². The van der Waals surface area contributed by atoms with Crippen molar-refractivity contribution in [2.45, 2.75) is 25.3 Å². The Bertz CT molecular complexity index is 312. The lowest BCUT2D eigenvalue weighted by atomic mass is 10.1. The number of hydrogen-bond donors (Lipinski definition) is 2. The zero-order valence-corrected chi connectivity index (χ0v) is 10.6. The zero-order valence-electron chi connectivity index (χ0n) is 10.6. The van der Waals surface area contributed by atoms with Gasteiger partial charge in [0.25, 0.3) is 0 Å². The first-order valence-electron chi connectivity index (χ1n) is 6.54. The molecule has 6 heteroatoms. The molecule has 1 unspecified atom stereocenters. The third-order valence-corrected chi connectivity index (χ3v) is 3.41. The number of ether oxygens (including phenoxy) is 1. The van der Waals surface area contributed by atoms with E-state index in [0.29, 0.717) is 12.0 Å². The van der Waals surface area contributed by atoms with Crippen LogP contribution in [0.25, 0.3) is 0 Å². The molecule has 0 aromatic carbocycles. The lowest BCUT2D eigenvalue weighted by Crippen LogP contribution is -2.44. The SMILES string of the molecule is NCC(=O)NCC(=O)N(CC1CCOC1)C1CC1. The number of nitrogens with zero attached hydrogens (tertiary/aromatic N) is 1. The molecule has 1 saturated heterocycles. The van der Waals surface area contributed by atoms with Crippen molar-refractivity contribution in [3.8, 4) is 0 Å². The molecular formula is C12H21N3O3. The fourth-order valence-corrected chi connectivity index (χ4v) is 2.19. The number of carbonyl (C=O) groups is 2. The molecule has 0 bridgehead atoms. The van der Waals surface area contributed by atoms with Gasteiger partial charge in [0, 0.05) is 25.1 Å². The molecule has 1 aliphatic carbocycles. The summed E-state index contributed by atoms with van der Waals surface area (Å²) in [6, 6.07) is 0.368. The van der Waals surface area contributed by atoms with Gasteiger partial charge in [-0.15, -0.1) is 0 Å². The maximum atomic E-state index is 12.1. The summed E-state index contributed by atoms with van der Waals surface area (Å²) >= 11 is 0. The Labute approximate surface area is 107 Å². The lowest BCUT2D eigenvalue weighted by molar-refractivity contribution is -0.133. The summed E-state index contributed by atoms with van der Waals surface area (Å²) in [5.41, 5.74) is 5.19. The molecule has 2 rings (SSSR count). The van der Waals surface area contributed by atoms with Gasteiger partial charge < -0.3 is 20.7 Å². The van der Waals surface area contributed by atoms with Crippen LogP contribution in [0.3, 0.4) is 0 Å². The second-order valence-electron chi connectivity index (χ2n) is 4.99. The highest BCUT2D eigenvalue weighted by Crippen LogP contribution is 2.28. The lowest BCUT2D eigenvalue weighted by Gasteiger charge is -2.25. The van der Waals surface area contributed by atoms with Gasteiger partial charge in [-0.2, -0.15) is 0 Å². The summed E-state index contributed by atoms with van der Waals surface area (Å²) < 4.78 is 5.33. The molecule has 0 radical (unpaired) electrons. The molecule has 102 valence electrons. The van der Waals surface area contributed by atoms with Crippen LogP contribution in [0.4, 0.5) is 0 Å². The van der Waals surface area contributed by atoms with Crippen molar-refractivity contribution in [1.82, 2.24) is 10.2 Å². The van der Waals surface area contributed by atoms with E-state index in [1.54, 1.807) is 0 Å². The number of amides is 2. The minimum Gasteiger partial charge on any atom is -0.381 e. The summed E-state index contributed by atoms with van der Waals surface area (Å²) in [6.45, 7) is 2.27. The highest BCUT2D eigenvalue weighted by atomic mass is 16.5. The topological polar surface area (TPSA) is 84.7 Å². The standard InChI is InChI=1S/C12H21N3O3/c13-5-11(16)14-6-12(17)15(10-1-2-10)7-9-3-4-18-8-9/h9-10H,1-8,13H2,(H,14,16). The minimum atomic E-state index is -0.289. The maximum Gasteiger partial charge on any atom is 0.242 e. The molecule has 2 fully saturated rings. The first kappa shape index (κ1) is 13.3. The Kier molecular flexibility index (Phi) is 4.54. The van der Waals surface area contributed by atoms with E-state index in [0.717, 1.165) is 39.0 Å². The fourth-order valence-electron chi connectivity index (χ4n) is 2.19. The van der Waals surface area contributed by atoms with Gasteiger partial charge in [-0.25, -0.2) is 0 Å². The maximum absolute atomic E-state index is 12.1. The summed E-state index contributed by atoms with van der Waals surface area (Å²) in [6.07, 6.45) is 3.17. The van der Waals surface area contributed by atoms with Crippen LogP contribution in [-0.4, -0.2) is 55.6 Å². The van der Waals surface area contributed by atoms with Gasteiger partial charge >= 0.3 is 0 Å². The van der Waals surface area contributed by atoms with Crippen LogP contribution in [0.1, 0.15) is 19.3 Å². The summed E-state index contributed by atoms with van der Waals surface area (Å²) in [5, 5.41) is 2.53. The molecule has 1 aliphatic heterocycles. The van der Waals surface area contributed by atoms with E-state index in [1.807, 2.05) is 4.90 Å². The van der Waals surface area contributed by atoms with Gasteiger partial charge in [-0.3, -0.25) is 9.59 Å². The van der Waals surface area contributed by atoms with Crippen molar-refractivity contribution in [3.05, 3.63) is 0 Å². The second-order valence-corrected chi connectivity index (χ2v) is 4.99. The van der Waals surface area contributed by atoms with Crippen molar-refractivity contribution in [1.29, 1.82) is 0 Å². The van der Waals surface area contributed by atoms with Gasteiger partial charge in [0.2, 0.25) is 11.8 Å². The van der Waals surface area contributed by atoms with Crippen LogP contribution >= 0.6 is 0 Å². The summed E-state index contributed by atoms with van der Waals surface area (Å²) in [5.74, 6) is 0.147. The number of nitrogens with one attached hydrogen (secondary N) is 1. The number of nitrogens with two attached hydrogens (primary N) is 1. The Morgan fingerprint density at radius 2 is 2.11 bits per heavy atom. The van der Waals surface area contributed by atoms with Crippen LogP contribution in [0, 0.1) is 5.92 Å². The van der Waals surface area contributed by atoms with Crippen LogP contribution in [0.5, 0.6) is 0 Å². The van der Waals surface area contributed by atoms with E-state index in [4.69, 9.17) is 10.5 Å². The molecular weight excluding hydrogens is 234 g/mol. The first-order valence-corrected chi connectivity index (χ1v) is 6.54. The summed E-state index contributed by atoms with van der Waals surface area (Å²) in [4.78, 5) is 25.0.